The maximum absolute atomic E-state index is 9.00. The van der Waals surface area contributed by atoms with Gasteiger partial charge in [-0.15, -0.1) is 12.3 Å². The van der Waals surface area contributed by atoms with Crippen LogP contribution in [0, 0.1) is 0 Å². The summed E-state index contributed by atoms with van der Waals surface area (Å²) in [5, 5.41) is 0. The van der Waals surface area contributed by atoms with Crippen LogP contribution in [0.25, 0.3) is 0 Å². The molecule has 86 valence electrons. The topological polar surface area (TPSA) is 40.8 Å². The Bertz CT molecular complexity index is 361. The van der Waals surface area contributed by atoms with Gasteiger partial charge in [-0.05, 0) is 24.5 Å². The van der Waals surface area contributed by atoms with E-state index in [9.17, 15) is 0 Å². The summed E-state index contributed by atoms with van der Waals surface area (Å²) in [5.74, 6) is 1.44. The third-order valence-electron chi connectivity index (χ3n) is 2.48. The van der Waals surface area contributed by atoms with Crippen LogP contribution in [0.3, 0.4) is 0 Å². The fourth-order valence-corrected chi connectivity index (χ4v) is 1.75. The molecule has 16 heavy (non-hydrogen) atoms. The largest absolute Gasteiger partial charge is 0.493 e. The molecule has 0 amide bonds. The summed E-state index contributed by atoms with van der Waals surface area (Å²) in [6, 6.07) is 3.81. The first-order chi connectivity index (χ1) is 7.78. The first-order valence-electron chi connectivity index (χ1n) is 5.23. The molecule has 0 aromatic heterocycles. The van der Waals surface area contributed by atoms with Gasteiger partial charge in [0, 0.05) is 12.1 Å². The molecule has 0 heterocycles. The highest BCUT2D eigenvalue weighted by molar-refractivity contribution is 5.51. The quantitative estimate of drug-likeness (QED) is 0.687. The number of ether oxygens (including phenoxy) is 2. The minimum Gasteiger partial charge on any atom is -0.493 e. The summed E-state index contributed by atoms with van der Waals surface area (Å²) in [6.45, 7) is 3.85. The van der Waals surface area contributed by atoms with Crippen LogP contribution in [0.4, 0.5) is 0 Å². The Balaban J connectivity index is 3.25. The van der Waals surface area contributed by atoms with Crippen molar-refractivity contribution in [3.8, 4) is 11.5 Å². The molecule has 1 rings (SSSR count). The van der Waals surface area contributed by atoms with Gasteiger partial charge in [0.05, 0.1) is 14.2 Å². The van der Waals surface area contributed by atoms with E-state index in [1.54, 1.807) is 14.2 Å². The van der Waals surface area contributed by atoms with Crippen molar-refractivity contribution in [3.63, 3.8) is 0 Å². The van der Waals surface area contributed by atoms with Crippen molar-refractivity contribution in [2.45, 2.75) is 12.8 Å². The van der Waals surface area contributed by atoms with Gasteiger partial charge in [0.15, 0.2) is 11.5 Å². The second kappa shape index (κ2) is 6.18. The van der Waals surface area contributed by atoms with Crippen molar-refractivity contribution in [2.24, 2.45) is 0 Å². The van der Waals surface area contributed by atoms with Gasteiger partial charge < -0.3 is 9.47 Å². The normalized spacial score (nSPS) is 9.94. The lowest BCUT2D eigenvalue weighted by molar-refractivity contribution is 0.351. The van der Waals surface area contributed by atoms with Crippen molar-refractivity contribution in [2.75, 3.05) is 20.8 Å². The minimum atomic E-state index is 0.125. The average molecular weight is 219 g/mol. The standard InChI is InChI=1S/C13H17NO2/c1-4-5-11-10(8-9-14)6-7-12(15-2)13(11)16-3/h4,6-7H,1,5,8-9H2,2-3H3. The molecule has 2 radical (unpaired) electrons. The molecule has 0 atom stereocenters. The Labute approximate surface area is 96.9 Å². The minimum absolute atomic E-state index is 0.125. The van der Waals surface area contributed by atoms with Crippen molar-refractivity contribution < 1.29 is 9.47 Å². The Morgan fingerprint density at radius 1 is 1.31 bits per heavy atom. The highest BCUT2D eigenvalue weighted by Crippen LogP contribution is 2.34. The third kappa shape index (κ3) is 2.55. The predicted octanol–water partition coefficient (Wildman–Crippen LogP) is 2.04. The Hall–Kier alpha value is -1.48. The van der Waals surface area contributed by atoms with E-state index in [2.05, 4.69) is 6.58 Å². The molecular weight excluding hydrogens is 202 g/mol. The van der Waals surface area contributed by atoms with Crippen LogP contribution in [0.5, 0.6) is 11.5 Å². The van der Waals surface area contributed by atoms with E-state index in [4.69, 9.17) is 15.2 Å². The van der Waals surface area contributed by atoms with Crippen LogP contribution in [-0.2, 0) is 12.8 Å². The zero-order valence-electron chi connectivity index (χ0n) is 9.82. The van der Waals surface area contributed by atoms with E-state index in [1.165, 1.54) is 0 Å². The summed E-state index contributed by atoms with van der Waals surface area (Å²) in [6.07, 6.45) is 3.14. The van der Waals surface area contributed by atoms with Gasteiger partial charge in [-0.1, -0.05) is 12.1 Å². The Morgan fingerprint density at radius 2 is 2.06 bits per heavy atom. The fourth-order valence-electron chi connectivity index (χ4n) is 1.75. The van der Waals surface area contributed by atoms with Crippen LogP contribution in [0.2, 0.25) is 0 Å². The van der Waals surface area contributed by atoms with Gasteiger partial charge in [0.25, 0.3) is 0 Å². The second-order valence-corrected chi connectivity index (χ2v) is 3.41. The molecule has 0 unspecified atom stereocenters. The molecule has 0 N–H and O–H groups in total. The SMILES string of the molecule is C=CCc1c(CC[N])ccc(OC)c1OC. The summed E-state index contributed by atoms with van der Waals surface area (Å²) in [7, 11) is 3.23. The number of allylic oxidation sites excluding steroid dienone is 1. The molecule has 0 aliphatic carbocycles. The van der Waals surface area contributed by atoms with Gasteiger partial charge in [-0.25, -0.2) is 0 Å². The maximum Gasteiger partial charge on any atom is 0.164 e. The molecule has 1 aromatic rings. The van der Waals surface area contributed by atoms with E-state index in [1.807, 2.05) is 18.2 Å². The van der Waals surface area contributed by atoms with Crippen molar-refractivity contribution in [1.29, 1.82) is 0 Å². The number of benzene rings is 1. The van der Waals surface area contributed by atoms with Crippen molar-refractivity contribution in [1.82, 2.24) is 5.73 Å². The predicted molar refractivity (Wildman–Crippen MR) is 64.2 cm³/mol. The molecule has 3 heteroatoms. The van der Waals surface area contributed by atoms with E-state index in [0.717, 1.165) is 16.9 Å². The van der Waals surface area contributed by atoms with E-state index < -0.39 is 0 Å². The van der Waals surface area contributed by atoms with Gasteiger partial charge in [-0.2, -0.15) is 0 Å². The summed E-state index contributed by atoms with van der Waals surface area (Å²) >= 11 is 0. The highest BCUT2D eigenvalue weighted by atomic mass is 16.5. The van der Waals surface area contributed by atoms with Crippen LogP contribution in [-0.4, -0.2) is 20.8 Å². The fraction of sp³-hybridized carbons (Fsp3) is 0.385. The number of nitrogens with zero attached hydrogens (tertiary/aromatic N) is 1. The van der Waals surface area contributed by atoms with Crippen LogP contribution in [0.1, 0.15) is 11.1 Å². The van der Waals surface area contributed by atoms with Crippen LogP contribution < -0.4 is 15.2 Å². The molecule has 1 aromatic carbocycles. The summed E-state index contributed by atoms with van der Waals surface area (Å²) in [5.41, 5.74) is 11.1. The van der Waals surface area contributed by atoms with E-state index in [-0.39, 0.29) is 6.54 Å². The monoisotopic (exact) mass is 219 g/mol. The van der Waals surface area contributed by atoms with Gasteiger partial charge in [0.1, 0.15) is 0 Å². The molecule has 0 aliphatic heterocycles. The number of methoxy groups -OCH3 is 2. The Morgan fingerprint density at radius 3 is 2.56 bits per heavy atom. The van der Waals surface area contributed by atoms with Gasteiger partial charge >= 0.3 is 0 Å². The van der Waals surface area contributed by atoms with Gasteiger partial charge in [-0.3, -0.25) is 0 Å². The molecule has 0 saturated heterocycles. The molecule has 3 nitrogen and oxygen atoms in total. The van der Waals surface area contributed by atoms with E-state index >= 15 is 0 Å². The third-order valence-corrected chi connectivity index (χ3v) is 2.48. The van der Waals surface area contributed by atoms with Crippen molar-refractivity contribution in [3.05, 3.63) is 35.9 Å². The number of hydrogen-bond donors (Lipinski definition) is 0. The average Bonchev–Trinajstić information content (AvgIpc) is 2.31. The first kappa shape index (κ1) is 12.6. The molecule has 0 spiro atoms. The molecular formula is C13H17NO2. The molecule has 0 fully saturated rings. The highest BCUT2D eigenvalue weighted by Gasteiger charge is 2.13. The number of rotatable bonds is 6. The second-order valence-electron chi connectivity index (χ2n) is 3.41. The zero-order chi connectivity index (χ0) is 12.0. The van der Waals surface area contributed by atoms with Crippen molar-refractivity contribution >= 4 is 0 Å². The van der Waals surface area contributed by atoms with Crippen LogP contribution >= 0.6 is 0 Å². The summed E-state index contributed by atoms with van der Waals surface area (Å²) in [4.78, 5) is 0. The first-order valence-corrected chi connectivity index (χ1v) is 5.23. The Kier molecular flexibility index (Phi) is 4.86. The molecule has 0 aliphatic rings. The lowest BCUT2D eigenvalue weighted by Gasteiger charge is -2.15. The zero-order valence-corrected chi connectivity index (χ0v) is 9.82. The number of hydrogen-bond acceptors (Lipinski definition) is 2. The smallest absolute Gasteiger partial charge is 0.164 e. The molecule has 0 saturated carbocycles. The molecule has 0 bridgehead atoms. The van der Waals surface area contributed by atoms with Crippen LogP contribution in [0.15, 0.2) is 24.8 Å². The summed E-state index contributed by atoms with van der Waals surface area (Å²) < 4.78 is 10.6. The lowest BCUT2D eigenvalue weighted by atomic mass is 10.00. The maximum atomic E-state index is 9.00. The van der Waals surface area contributed by atoms with Gasteiger partial charge in [0.2, 0.25) is 0 Å². The van der Waals surface area contributed by atoms with E-state index in [0.29, 0.717) is 18.6 Å². The lowest BCUT2D eigenvalue weighted by Crippen LogP contribution is -2.02.